The summed E-state index contributed by atoms with van der Waals surface area (Å²) < 4.78 is 7.14. The van der Waals surface area contributed by atoms with Crippen molar-refractivity contribution >= 4 is 22.9 Å². The number of imidazole rings is 1. The molecule has 2 heterocycles. The van der Waals surface area contributed by atoms with Gasteiger partial charge in [-0.1, -0.05) is 18.2 Å². The molecule has 8 heteroatoms. The first kappa shape index (κ1) is 18.2. The van der Waals surface area contributed by atoms with E-state index in [4.69, 9.17) is 4.74 Å². The maximum absolute atomic E-state index is 12.0. The van der Waals surface area contributed by atoms with E-state index < -0.39 is 4.92 Å². The van der Waals surface area contributed by atoms with Crippen LogP contribution in [-0.4, -0.2) is 26.8 Å². The lowest BCUT2D eigenvalue weighted by molar-refractivity contribution is -0.385. The summed E-state index contributed by atoms with van der Waals surface area (Å²) >= 11 is 0. The van der Waals surface area contributed by atoms with Crippen molar-refractivity contribution in [2.75, 3.05) is 11.9 Å². The molecule has 29 heavy (non-hydrogen) atoms. The minimum absolute atomic E-state index is 0.000947. The molecule has 144 valence electrons. The van der Waals surface area contributed by atoms with E-state index in [0.717, 1.165) is 5.56 Å². The number of amides is 1. The fourth-order valence-electron chi connectivity index (χ4n) is 2.82. The van der Waals surface area contributed by atoms with Gasteiger partial charge in [0.2, 0.25) is 0 Å². The Hall–Kier alpha value is -4.20. The minimum atomic E-state index is -0.445. The number of nitrogens with one attached hydrogen (secondary N) is 1. The molecule has 1 N–H and O–H groups in total. The second kappa shape index (κ2) is 7.81. The van der Waals surface area contributed by atoms with E-state index in [2.05, 4.69) is 10.3 Å². The van der Waals surface area contributed by atoms with E-state index in [9.17, 15) is 14.9 Å². The summed E-state index contributed by atoms with van der Waals surface area (Å²) in [7, 11) is 0. The molecule has 2 aromatic carbocycles. The highest BCUT2D eigenvalue weighted by molar-refractivity contribution is 5.91. The molecular formula is C21H16N4O4. The Balaban J connectivity index is 1.42. The number of benzene rings is 2. The molecule has 0 unspecified atom stereocenters. The molecule has 0 saturated heterocycles. The number of hydrogen-bond donors (Lipinski definition) is 1. The maximum atomic E-state index is 12.0. The average Bonchev–Trinajstić information content (AvgIpc) is 3.17. The predicted octanol–water partition coefficient (Wildman–Crippen LogP) is 3.93. The number of nitrogens with zero attached hydrogens (tertiary/aromatic N) is 3. The molecule has 4 aromatic rings. The summed E-state index contributed by atoms with van der Waals surface area (Å²) in [5.74, 6) is 0.304. The van der Waals surface area contributed by atoms with E-state index in [1.165, 1.54) is 12.3 Å². The average molecular weight is 388 g/mol. The lowest BCUT2D eigenvalue weighted by Gasteiger charge is -2.07. The van der Waals surface area contributed by atoms with E-state index in [1.807, 2.05) is 30.3 Å². The molecule has 0 atom stereocenters. The second-order valence-corrected chi connectivity index (χ2v) is 6.26. The molecule has 0 radical (unpaired) electrons. The number of fused-ring (bicyclic) bond motifs is 1. The van der Waals surface area contributed by atoms with Crippen LogP contribution in [-0.2, 0) is 4.79 Å². The van der Waals surface area contributed by atoms with Crippen LogP contribution in [0.3, 0.4) is 0 Å². The molecule has 0 spiro atoms. The maximum Gasteiger partial charge on any atom is 0.286 e. The number of hydrogen-bond acceptors (Lipinski definition) is 5. The molecule has 2 aromatic heterocycles. The lowest BCUT2D eigenvalue weighted by Crippen LogP contribution is -2.20. The van der Waals surface area contributed by atoms with Gasteiger partial charge in [0.15, 0.2) is 6.61 Å². The van der Waals surface area contributed by atoms with Gasteiger partial charge in [0.25, 0.3) is 11.6 Å². The Morgan fingerprint density at radius 2 is 1.79 bits per heavy atom. The summed E-state index contributed by atoms with van der Waals surface area (Å²) in [5.41, 5.74) is 2.84. The molecular weight excluding hydrogens is 372 g/mol. The van der Waals surface area contributed by atoms with Crippen LogP contribution in [0.2, 0.25) is 0 Å². The van der Waals surface area contributed by atoms with Crippen molar-refractivity contribution in [1.29, 1.82) is 0 Å². The Labute approximate surface area is 165 Å². The van der Waals surface area contributed by atoms with Gasteiger partial charge in [-0.05, 0) is 42.5 Å². The van der Waals surface area contributed by atoms with Gasteiger partial charge in [-0.3, -0.25) is 19.3 Å². The molecule has 4 rings (SSSR count). The fourth-order valence-corrected chi connectivity index (χ4v) is 2.82. The largest absolute Gasteiger partial charge is 0.484 e. The first-order chi connectivity index (χ1) is 14.1. The Morgan fingerprint density at radius 1 is 1.03 bits per heavy atom. The van der Waals surface area contributed by atoms with E-state index >= 15 is 0 Å². The number of carbonyl (C=O) groups excluding carboxylic acids is 1. The lowest BCUT2D eigenvalue weighted by atomic mass is 10.2. The Kier molecular flexibility index (Phi) is 4.90. The SMILES string of the molecule is O=C(COc1ccc(-c2cn3cc([N+](=O)[O-])ccc3n2)cc1)Nc1ccccc1. The summed E-state index contributed by atoms with van der Waals surface area (Å²) in [4.78, 5) is 26.9. The molecule has 0 aliphatic carbocycles. The van der Waals surface area contributed by atoms with Crippen molar-refractivity contribution in [3.05, 3.63) is 89.2 Å². The first-order valence-electron chi connectivity index (χ1n) is 8.80. The smallest absolute Gasteiger partial charge is 0.286 e. The molecule has 0 fully saturated rings. The summed E-state index contributed by atoms with van der Waals surface area (Å²) in [5, 5.41) is 13.7. The second-order valence-electron chi connectivity index (χ2n) is 6.26. The molecule has 0 aliphatic heterocycles. The van der Waals surface area contributed by atoms with Gasteiger partial charge in [0, 0.05) is 23.5 Å². The van der Waals surface area contributed by atoms with Gasteiger partial charge in [-0.25, -0.2) is 4.98 Å². The van der Waals surface area contributed by atoms with E-state index in [1.54, 1.807) is 40.9 Å². The van der Waals surface area contributed by atoms with E-state index in [-0.39, 0.29) is 18.2 Å². The number of carbonyl (C=O) groups is 1. The van der Waals surface area contributed by atoms with Crippen LogP contribution in [0.1, 0.15) is 0 Å². The topological polar surface area (TPSA) is 98.8 Å². The van der Waals surface area contributed by atoms with Gasteiger partial charge >= 0.3 is 0 Å². The zero-order valence-electron chi connectivity index (χ0n) is 15.2. The first-order valence-corrected chi connectivity index (χ1v) is 8.80. The van der Waals surface area contributed by atoms with Crippen LogP contribution in [0.5, 0.6) is 5.75 Å². The summed E-state index contributed by atoms with van der Waals surface area (Å²) in [6.07, 6.45) is 3.15. The molecule has 8 nitrogen and oxygen atoms in total. The third kappa shape index (κ3) is 4.22. The highest BCUT2D eigenvalue weighted by Crippen LogP contribution is 2.23. The predicted molar refractivity (Wildman–Crippen MR) is 108 cm³/mol. The van der Waals surface area contributed by atoms with Gasteiger partial charge in [0.1, 0.15) is 11.4 Å². The standard InChI is InChI=1S/C21H16N4O4/c26-21(22-16-4-2-1-3-5-16)14-29-18-9-6-15(7-10-18)19-13-24-12-17(25(27)28)8-11-20(24)23-19/h1-13H,14H2,(H,22,26). The molecule has 0 aliphatic rings. The fraction of sp³-hybridized carbons (Fsp3) is 0.0476. The monoisotopic (exact) mass is 388 g/mol. The normalized spacial score (nSPS) is 10.6. The summed E-state index contributed by atoms with van der Waals surface area (Å²) in [6.45, 7) is -0.105. The zero-order chi connectivity index (χ0) is 20.2. The van der Waals surface area contributed by atoms with E-state index in [0.29, 0.717) is 22.8 Å². The van der Waals surface area contributed by atoms with Crippen LogP contribution >= 0.6 is 0 Å². The molecule has 0 bridgehead atoms. The molecule has 1 amide bonds. The van der Waals surface area contributed by atoms with Crippen LogP contribution in [0.25, 0.3) is 16.9 Å². The Morgan fingerprint density at radius 3 is 2.52 bits per heavy atom. The van der Waals surface area contributed by atoms with Crippen molar-refractivity contribution in [1.82, 2.24) is 9.38 Å². The molecule has 0 saturated carbocycles. The van der Waals surface area contributed by atoms with Crippen molar-refractivity contribution in [2.45, 2.75) is 0 Å². The third-order valence-corrected chi connectivity index (χ3v) is 4.22. The Bertz CT molecular complexity index is 1170. The van der Waals surface area contributed by atoms with Crippen molar-refractivity contribution in [3.8, 4) is 17.0 Å². The highest BCUT2D eigenvalue weighted by atomic mass is 16.6. The van der Waals surface area contributed by atoms with Crippen molar-refractivity contribution in [3.63, 3.8) is 0 Å². The van der Waals surface area contributed by atoms with Gasteiger partial charge in [-0.15, -0.1) is 0 Å². The number of aromatic nitrogens is 2. The van der Waals surface area contributed by atoms with Gasteiger partial charge in [0.05, 0.1) is 16.8 Å². The zero-order valence-corrected chi connectivity index (χ0v) is 15.2. The number of rotatable bonds is 6. The van der Waals surface area contributed by atoms with Crippen LogP contribution < -0.4 is 10.1 Å². The van der Waals surface area contributed by atoms with Crippen molar-refractivity contribution in [2.24, 2.45) is 0 Å². The quantitative estimate of drug-likeness (QED) is 0.399. The van der Waals surface area contributed by atoms with Gasteiger partial charge < -0.3 is 10.1 Å². The number of ether oxygens (including phenoxy) is 1. The van der Waals surface area contributed by atoms with Gasteiger partial charge in [-0.2, -0.15) is 0 Å². The third-order valence-electron chi connectivity index (χ3n) is 4.22. The minimum Gasteiger partial charge on any atom is -0.484 e. The van der Waals surface area contributed by atoms with Crippen LogP contribution in [0.15, 0.2) is 79.1 Å². The number of nitro groups is 1. The number of pyridine rings is 1. The summed E-state index contributed by atoms with van der Waals surface area (Å²) in [6, 6.07) is 19.3. The highest BCUT2D eigenvalue weighted by Gasteiger charge is 2.10. The van der Waals surface area contributed by atoms with Crippen LogP contribution in [0, 0.1) is 10.1 Å². The van der Waals surface area contributed by atoms with Crippen molar-refractivity contribution < 1.29 is 14.5 Å². The number of anilines is 1. The van der Waals surface area contributed by atoms with Crippen LogP contribution in [0.4, 0.5) is 11.4 Å². The number of para-hydroxylation sites is 1.